The Labute approximate surface area is 215 Å². The topological polar surface area (TPSA) is 106 Å². The van der Waals surface area contributed by atoms with Gasteiger partial charge in [-0.05, 0) is 71.3 Å². The summed E-state index contributed by atoms with van der Waals surface area (Å²) in [5, 5.41) is 13.7. The van der Waals surface area contributed by atoms with Crippen LogP contribution in [0.1, 0.15) is 55.2 Å². The molecule has 0 radical (unpaired) electrons. The highest BCUT2D eigenvalue weighted by Gasteiger charge is 2.35. The van der Waals surface area contributed by atoms with E-state index in [-0.39, 0.29) is 17.4 Å². The Hall–Kier alpha value is -3.85. The molecule has 5 rings (SSSR count). The van der Waals surface area contributed by atoms with Crippen LogP contribution in [0.25, 0.3) is 10.9 Å². The van der Waals surface area contributed by atoms with E-state index < -0.39 is 6.04 Å². The molecule has 0 spiro atoms. The van der Waals surface area contributed by atoms with Gasteiger partial charge in [0.2, 0.25) is 0 Å². The summed E-state index contributed by atoms with van der Waals surface area (Å²) >= 11 is 0. The largest absolute Gasteiger partial charge is 0.466 e. The molecule has 9 heteroatoms. The minimum atomic E-state index is -0.458. The second-order valence-corrected chi connectivity index (χ2v) is 9.47. The van der Waals surface area contributed by atoms with Crippen LogP contribution in [-0.4, -0.2) is 55.8 Å². The fourth-order valence-corrected chi connectivity index (χ4v) is 5.12. The van der Waals surface area contributed by atoms with Gasteiger partial charge in [-0.15, -0.1) is 5.10 Å². The number of carbonyl (C=O) groups is 1. The number of aromatic amines is 1. The number of aryl methyl sites for hydroxylation is 1. The maximum absolute atomic E-state index is 13.5. The van der Waals surface area contributed by atoms with Crippen LogP contribution in [0, 0.1) is 5.92 Å². The van der Waals surface area contributed by atoms with Crippen molar-refractivity contribution in [3.8, 4) is 0 Å². The Morgan fingerprint density at radius 3 is 2.59 bits per heavy atom. The summed E-state index contributed by atoms with van der Waals surface area (Å²) in [6, 6.07) is 17.6. The molecule has 192 valence electrons. The number of hydrogen-bond donors (Lipinski definition) is 1. The van der Waals surface area contributed by atoms with Crippen LogP contribution in [0.4, 0.5) is 0 Å². The number of tetrazole rings is 1. The lowest BCUT2D eigenvalue weighted by Crippen LogP contribution is -2.42. The number of piperidine rings is 1. The number of aromatic nitrogens is 5. The van der Waals surface area contributed by atoms with Gasteiger partial charge >= 0.3 is 5.97 Å². The number of pyridine rings is 1. The Morgan fingerprint density at radius 1 is 1.08 bits per heavy atom. The van der Waals surface area contributed by atoms with Gasteiger partial charge < -0.3 is 9.72 Å². The number of esters is 1. The lowest BCUT2D eigenvalue weighted by atomic mass is 9.93. The van der Waals surface area contributed by atoms with E-state index in [1.807, 2.05) is 55.5 Å². The molecular formula is C28H32N6O3. The number of nitrogens with zero attached hydrogens (tertiary/aromatic N) is 5. The highest BCUT2D eigenvalue weighted by Crippen LogP contribution is 2.31. The number of likely N-dealkylation sites (tertiary alicyclic amines) is 1. The highest BCUT2D eigenvalue weighted by atomic mass is 16.5. The van der Waals surface area contributed by atoms with Crippen LogP contribution in [0.3, 0.4) is 0 Å². The van der Waals surface area contributed by atoms with E-state index in [2.05, 4.69) is 38.4 Å². The summed E-state index contributed by atoms with van der Waals surface area (Å²) in [5.41, 5.74) is 3.50. The van der Waals surface area contributed by atoms with Crippen LogP contribution < -0.4 is 5.56 Å². The monoisotopic (exact) mass is 500 g/mol. The molecule has 37 heavy (non-hydrogen) atoms. The van der Waals surface area contributed by atoms with Crippen molar-refractivity contribution in [3.63, 3.8) is 0 Å². The van der Waals surface area contributed by atoms with Crippen LogP contribution in [0.2, 0.25) is 0 Å². The zero-order valence-electron chi connectivity index (χ0n) is 21.3. The average Bonchev–Trinajstić information content (AvgIpc) is 3.37. The lowest BCUT2D eigenvalue weighted by molar-refractivity contribution is -0.149. The van der Waals surface area contributed by atoms with Crippen LogP contribution >= 0.6 is 0 Å². The van der Waals surface area contributed by atoms with E-state index >= 15 is 0 Å². The first-order valence-corrected chi connectivity index (χ1v) is 12.9. The number of H-pyrrole nitrogens is 1. The summed E-state index contributed by atoms with van der Waals surface area (Å²) in [4.78, 5) is 31.1. The van der Waals surface area contributed by atoms with Gasteiger partial charge in [0.1, 0.15) is 6.04 Å². The van der Waals surface area contributed by atoms with Crippen molar-refractivity contribution in [1.82, 2.24) is 30.1 Å². The molecule has 1 aliphatic rings. The van der Waals surface area contributed by atoms with Gasteiger partial charge in [0.05, 0.1) is 19.1 Å². The summed E-state index contributed by atoms with van der Waals surface area (Å²) in [5.74, 6) is 0.317. The molecule has 4 aromatic rings. The number of carbonyl (C=O) groups excluding carboxylic acids is 1. The zero-order chi connectivity index (χ0) is 25.8. The maximum atomic E-state index is 13.5. The van der Waals surface area contributed by atoms with Crippen molar-refractivity contribution < 1.29 is 9.53 Å². The smallest absolute Gasteiger partial charge is 0.309 e. The van der Waals surface area contributed by atoms with E-state index in [9.17, 15) is 9.59 Å². The van der Waals surface area contributed by atoms with Gasteiger partial charge in [-0.3, -0.25) is 14.5 Å². The number of ether oxygens (including phenoxy) is 1. The Bertz CT molecular complexity index is 1420. The second kappa shape index (κ2) is 11.0. The van der Waals surface area contributed by atoms with E-state index in [1.165, 1.54) is 5.56 Å². The fraction of sp³-hybridized carbons (Fsp3) is 0.393. The third-order valence-corrected chi connectivity index (χ3v) is 7.13. The lowest BCUT2D eigenvalue weighted by Gasteiger charge is -2.36. The van der Waals surface area contributed by atoms with E-state index in [4.69, 9.17) is 4.74 Å². The molecule has 3 heterocycles. The Balaban J connectivity index is 1.55. The molecule has 0 bridgehead atoms. The third kappa shape index (κ3) is 5.32. The number of hydrogen-bond acceptors (Lipinski definition) is 7. The van der Waals surface area contributed by atoms with Crippen molar-refractivity contribution in [1.29, 1.82) is 0 Å². The average molecular weight is 501 g/mol. The second-order valence-electron chi connectivity index (χ2n) is 9.47. The van der Waals surface area contributed by atoms with Crippen molar-refractivity contribution in [2.75, 3.05) is 19.7 Å². The van der Waals surface area contributed by atoms with Gasteiger partial charge in [0, 0.05) is 24.2 Å². The summed E-state index contributed by atoms with van der Waals surface area (Å²) < 4.78 is 7.03. The van der Waals surface area contributed by atoms with Crippen molar-refractivity contribution >= 4 is 16.9 Å². The normalized spacial score (nSPS) is 15.6. The molecule has 0 saturated carbocycles. The minimum absolute atomic E-state index is 0.140. The van der Waals surface area contributed by atoms with Gasteiger partial charge in [0.15, 0.2) is 5.82 Å². The quantitative estimate of drug-likeness (QED) is 0.369. The molecule has 1 saturated heterocycles. The summed E-state index contributed by atoms with van der Waals surface area (Å²) in [6.45, 7) is 6.05. The molecule has 2 aromatic heterocycles. The minimum Gasteiger partial charge on any atom is -0.466 e. The number of fused-ring (bicyclic) bond motifs is 1. The van der Waals surface area contributed by atoms with Crippen LogP contribution in [-0.2, 0) is 22.5 Å². The number of rotatable bonds is 8. The summed E-state index contributed by atoms with van der Waals surface area (Å²) in [6.07, 6.45) is 2.21. The highest BCUT2D eigenvalue weighted by molar-refractivity contribution is 5.80. The van der Waals surface area contributed by atoms with Gasteiger partial charge in [-0.2, -0.15) is 0 Å². The van der Waals surface area contributed by atoms with Gasteiger partial charge in [-0.1, -0.05) is 43.3 Å². The predicted molar refractivity (Wildman–Crippen MR) is 140 cm³/mol. The molecular weight excluding hydrogens is 468 g/mol. The van der Waals surface area contributed by atoms with Crippen molar-refractivity contribution in [3.05, 3.63) is 87.5 Å². The molecule has 1 N–H and O–H groups in total. The van der Waals surface area contributed by atoms with E-state index in [1.54, 1.807) is 4.68 Å². The summed E-state index contributed by atoms with van der Waals surface area (Å²) in [7, 11) is 0. The molecule has 1 fully saturated rings. The number of nitrogens with one attached hydrogen (secondary N) is 1. The predicted octanol–water partition coefficient (Wildman–Crippen LogP) is 3.49. The van der Waals surface area contributed by atoms with Crippen LogP contribution in [0.5, 0.6) is 0 Å². The van der Waals surface area contributed by atoms with E-state index in [0.29, 0.717) is 50.5 Å². The van der Waals surface area contributed by atoms with Crippen molar-refractivity contribution in [2.45, 2.75) is 45.7 Å². The standard InChI is InChI=1S/C28H32N6O3/c1-3-19-10-11-24-22(16-19)17-23(27(35)29-24)25(33-14-12-21(13-15-33)28(36)37-4-2)26-30-31-32-34(26)18-20-8-6-5-7-9-20/h5-11,16-17,21,25H,3-4,12-15,18H2,1-2H3,(H,29,35)/t25-/m0/s1. The van der Waals surface area contributed by atoms with E-state index in [0.717, 1.165) is 22.9 Å². The van der Waals surface area contributed by atoms with Gasteiger partial charge in [-0.25, -0.2) is 4.68 Å². The first kappa shape index (κ1) is 24.8. The van der Waals surface area contributed by atoms with Crippen LogP contribution in [0.15, 0.2) is 59.4 Å². The first-order chi connectivity index (χ1) is 18.1. The molecule has 0 amide bonds. The zero-order valence-corrected chi connectivity index (χ0v) is 21.3. The third-order valence-electron chi connectivity index (χ3n) is 7.13. The number of benzene rings is 2. The molecule has 0 aliphatic carbocycles. The fourth-order valence-electron chi connectivity index (χ4n) is 5.12. The molecule has 1 atom stereocenters. The Kier molecular flexibility index (Phi) is 7.41. The Morgan fingerprint density at radius 2 is 1.86 bits per heavy atom. The SMILES string of the molecule is CCOC(=O)C1CCN([C@@H](c2cc3cc(CC)ccc3[nH]c2=O)c2nnnn2Cc2ccccc2)CC1. The van der Waals surface area contributed by atoms with Gasteiger partial charge in [0.25, 0.3) is 5.56 Å². The first-order valence-electron chi connectivity index (χ1n) is 12.9. The van der Waals surface area contributed by atoms with Crippen molar-refractivity contribution in [2.24, 2.45) is 5.92 Å². The molecule has 1 aliphatic heterocycles. The molecule has 2 aromatic carbocycles. The molecule has 0 unspecified atom stereocenters. The maximum Gasteiger partial charge on any atom is 0.309 e. The molecule has 9 nitrogen and oxygen atoms in total.